The normalized spacial score (nSPS) is 17.8. The van der Waals surface area contributed by atoms with Gasteiger partial charge in [-0.2, -0.15) is 0 Å². The van der Waals surface area contributed by atoms with E-state index in [0.29, 0.717) is 24.0 Å². The molecular weight excluding hydrogens is 274 g/mol. The zero-order chi connectivity index (χ0) is 14.4. The van der Waals surface area contributed by atoms with E-state index in [2.05, 4.69) is 4.90 Å². The fourth-order valence-corrected chi connectivity index (χ4v) is 3.33. The average molecular weight is 298 g/mol. The second kappa shape index (κ2) is 7.99. The number of rotatable bonds is 7. The number of aliphatic hydroxyl groups excluding tert-OH is 2. The van der Waals surface area contributed by atoms with Crippen molar-refractivity contribution in [3.05, 3.63) is 34.9 Å². The molecule has 4 heteroatoms. The van der Waals surface area contributed by atoms with Gasteiger partial charge in [-0.25, -0.2) is 0 Å². The molecule has 2 N–H and O–H groups in total. The van der Waals surface area contributed by atoms with Crippen molar-refractivity contribution in [2.75, 3.05) is 19.7 Å². The van der Waals surface area contributed by atoms with Crippen LogP contribution >= 0.6 is 11.6 Å². The lowest BCUT2D eigenvalue weighted by molar-refractivity contribution is 0.108. The topological polar surface area (TPSA) is 43.7 Å². The molecule has 0 radical (unpaired) electrons. The molecule has 3 nitrogen and oxygen atoms in total. The van der Waals surface area contributed by atoms with E-state index in [4.69, 9.17) is 11.6 Å². The SMILES string of the molecule is OCCN(CCC(O)c1ccccc1Cl)C1CCCC1. The first-order chi connectivity index (χ1) is 9.72. The summed E-state index contributed by atoms with van der Waals surface area (Å²) in [7, 11) is 0. The molecule has 20 heavy (non-hydrogen) atoms. The summed E-state index contributed by atoms with van der Waals surface area (Å²) in [6.07, 6.45) is 5.09. The van der Waals surface area contributed by atoms with Crippen molar-refractivity contribution in [1.29, 1.82) is 0 Å². The number of halogens is 1. The Balaban J connectivity index is 1.89. The minimum atomic E-state index is -0.536. The third kappa shape index (κ3) is 4.19. The Morgan fingerprint density at radius 3 is 2.55 bits per heavy atom. The summed E-state index contributed by atoms with van der Waals surface area (Å²) >= 11 is 6.11. The lowest BCUT2D eigenvalue weighted by Gasteiger charge is -2.29. The molecule has 0 heterocycles. The smallest absolute Gasteiger partial charge is 0.0816 e. The van der Waals surface area contributed by atoms with Crippen molar-refractivity contribution in [3.8, 4) is 0 Å². The summed E-state index contributed by atoms with van der Waals surface area (Å²) in [5.74, 6) is 0. The molecule has 0 aromatic heterocycles. The van der Waals surface area contributed by atoms with E-state index in [1.807, 2.05) is 24.3 Å². The molecule has 0 amide bonds. The molecule has 0 bridgehead atoms. The van der Waals surface area contributed by atoms with Gasteiger partial charge in [0.1, 0.15) is 0 Å². The summed E-state index contributed by atoms with van der Waals surface area (Å²) in [4.78, 5) is 2.31. The van der Waals surface area contributed by atoms with Crippen LogP contribution in [0.25, 0.3) is 0 Å². The first-order valence-corrected chi connectivity index (χ1v) is 7.87. The maximum absolute atomic E-state index is 10.3. The standard InChI is InChI=1S/C16H24ClNO2/c17-15-8-4-3-7-14(15)16(20)9-10-18(11-12-19)13-5-1-2-6-13/h3-4,7-8,13,16,19-20H,1-2,5-6,9-12H2. The Morgan fingerprint density at radius 2 is 1.90 bits per heavy atom. The van der Waals surface area contributed by atoms with Crippen LogP contribution in [0.5, 0.6) is 0 Å². The average Bonchev–Trinajstić information content (AvgIpc) is 2.97. The van der Waals surface area contributed by atoms with Crippen LogP contribution in [0.1, 0.15) is 43.8 Å². The predicted octanol–water partition coefficient (Wildman–Crippen LogP) is 3.00. The van der Waals surface area contributed by atoms with Crippen molar-refractivity contribution in [2.45, 2.75) is 44.2 Å². The van der Waals surface area contributed by atoms with Crippen LogP contribution in [-0.2, 0) is 0 Å². The number of hydrogen-bond donors (Lipinski definition) is 2. The molecule has 112 valence electrons. The number of nitrogens with zero attached hydrogens (tertiary/aromatic N) is 1. The highest BCUT2D eigenvalue weighted by Crippen LogP contribution is 2.27. The van der Waals surface area contributed by atoms with Gasteiger partial charge < -0.3 is 10.2 Å². The van der Waals surface area contributed by atoms with Gasteiger partial charge in [0.25, 0.3) is 0 Å². The minimum absolute atomic E-state index is 0.179. The third-order valence-corrected chi connectivity index (χ3v) is 4.53. The van der Waals surface area contributed by atoms with Gasteiger partial charge in [0.2, 0.25) is 0 Å². The number of benzene rings is 1. The Morgan fingerprint density at radius 1 is 1.20 bits per heavy atom. The molecule has 1 aromatic rings. The Bertz CT molecular complexity index is 407. The third-order valence-electron chi connectivity index (χ3n) is 4.18. The molecule has 0 aliphatic heterocycles. The Labute approximate surface area is 126 Å². The summed E-state index contributed by atoms with van der Waals surface area (Å²) < 4.78 is 0. The highest BCUT2D eigenvalue weighted by Gasteiger charge is 2.23. The van der Waals surface area contributed by atoms with Crippen molar-refractivity contribution >= 4 is 11.6 Å². The molecule has 1 aromatic carbocycles. The van der Waals surface area contributed by atoms with Gasteiger partial charge in [-0.15, -0.1) is 0 Å². The van der Waals surface area contributed by atoms with Crippen molar-refractivity contribution in [3.63, 3.8) is 0 Å². The van der Waals surface area contributed by atoms with Crippen LogP contribution in [0, 0.1) is 0 Å². The highest BCUT2D eigenvalue weighted by molar-refractivity contribution is 6.31. The van der Waals surface area contributed by atoms with E-state index in [-0.39, 0.29) is 6.61 Å². The molecule has 1 aliphatic carbocycles. The summed E-state index contributed by atoms with van der Waals surface area (Å²) in [5, 5.41) is 20.1. The molecule has 1 saturated carbocycles. The number of aliphatic hydroxyl groups is 2. The first kappa shape index (κ1) is 15.8. The Hall–Kier alpha value is -0.610. The molecule has 1 unspecified atom stereocenters. The van der Waals surface area contributed by atoms with Crippen molar-refractivity contribution < 1.29 is 10.2 Å². The molecule has 2 rings (SSSR count). The van der Waals surface area contributed by atoms with Gasteiger partial charge in [0, 0.05) is 24.2 Å². The van der Waals surface area contributed by atoms with Gasteiger partial charge in [-0.05, 0) is 30.9 Å². The van der Waals surface area contributed by atoms with E-state index in [1.54, 1.807) is 0 Å². The maximum Gasteiger partial charge on any atom is 0.0816 e. The molecule has 1 atom stereocenters. The van der Waals surface area contributed by atoms with E-state index in [0.717, 1.165) is 12.1 Å². The molecule has 1 fully saturated rings. The largest absolute Gasteiger partial charge is 0.395 e. The van der Waals surface area contributed by atoms with Crippen LogP contribution in [0.3, 0.4) is 0 Å². The maximum atomic E-state index is 10.3. The van der Waals surface area contributed by atoms with Crippen LogP contribution in [-0.4, -0.2) is 40.9 Å². The molecule has 0 saturated heterocycles. The summed E-state index contributed by atoms with van der Waals surface area (Å²) in [6, 6.07) is 8.02. The van der Waals surface area contributed by atoms with Gasteiger partial charge in [-0.1, -0.05) is 42.6 Å². The quantitative estimate of drug-likeness (QED) is 0.813. The second-order valence-electron chi connectivity index (χ2n) is 5.52. The van der Waals surface area contributed by atoms with Crippen molar-refractivity contribution in [1.82, 2.24) is 4.90 Å². The van der Waals surface area contributed by atoms with E-state index in [9.17, 15) is 10.2 Å². The fourth-order valence-electron chi connectivity index (χ4n) is 3.06. The van der Waals surface area contributed by atoms with Crippen LogP contribution in [0.2, 0.25) is 5.02 Å². The monoisotopic (exact) mass is 297 g/mol. The zero-order valence-electron chi connectivity index (χ0n) is 11.8. The molecule has 0 spiro atoms. The second-order valence-corrected chi connectivity index (χ2v) is 5.93. The lowest BCUT2D eigenvalue weighted by Crippen LogP contribution is -2.37. The van der Waals surface area contributed by atoms with E-state index in [1.165, 1.54) is 25.7 Å². The fraction of sp³-hybridized carbons (Fsp3) is 0.625. The summed E-state index contributed by atoms with van der Waals surface area (Å²) in [6.45, 7) is 1.68. The van der Waals surface area contributed by atoms with Gasteiger partial charge in [0.05, 0.1) is 12.7 Å². The first-order valence-electron chi connectivity index (χ1n) is 7.49. The van der Waals surface area contributed by atoms with Crippen molar-refractivity contribution in [2.24, 2.45) is 0 Å². The lowest BCUT2D eigenvalue weighted by atomic mass is 10.1. The molecular formula is C16H24ClNO2. The zero-order valence-corrected chi connectivity index (χ0v) is 12.6. The number of hydrogen-bond acceptors (Lipinski definition) is 3. The van der Waals surface area contributed by atoms with Gasteiger partial charge in [0.15, 0.2) is 0 Å². The summed E-state index contributed by atoms with van der Waals surface area (Å²) in [5.41, 5.74) is 0.796. The highest BCUT2D eigenvalue weighted by atomic mass is 35.5. The van der Waals surface area contributed by atoms with E-state index < -0.39 is 6.10 Å². The van der Waals surface area contributed by atoms with Crippen LogP contribution < -0.4 is 0 Å². The Kier molecular flexibility index (Phi) is 6.30. The van der Waals surface area contributed by atoms with Gasteiger partial charge >= 0.3 is 0 Å². The molecule has 1 aliphatic rings. The predicted molar refractivity (Wildman–Crippen MR) is 81.9 cm³/mol. The minimum Gasteiger partial charge on any atom is -0.395 e. The van der Waals surface area contributed by atoms with Gasteiger partial charge in [-0.3, -0.25) is 4.90 Å². The van der Waals surface area contributed by atoms with E-state index >= 15 is 0 Å². The van der Waals surface area contributed by atoms with Crippen LogP contribution in [0.4, 0.5) is 0 Å². The van der Waals surface area contributed by atoms with Crippen LogP contribution in [0.15, 0.2) is 24.3 Å².